The smallest absolute Gasteiger partial charge is 0.0795 e. The van der Waals surface area contributed by atoms with Crippen LogP contribution in [0.1, 0.15) is 37.2 Å². The Morgan fingerprint density at radius 2 is 2.00 bits per heavy atom. The maximum atomic E-state index is 6.19. The van der Waals surface area contributed by atoms with Crippen LogP contribution < -0.4 is 5.32 Å². The minimum atomic E-state index is 0.145. The van der Waals surface area contributed by atoms with Gasteiger partial charge < -0.3 is 5.32 Å². The maximum Gasteiger partial charge on any atom is 0.0795 e. The van der Waals surface area contributed by atoms with Crippen LogP contribution >= 0.6 is 34.5 Å². The van der Waals surface area contributed by atoms with Crippen molar-refractivity contribution in [2.24, 2.45) is 0 Å². The van der Waals surface area contributed by atoms with Gasteiger partial charge in [0, 0.05) is 27.5 Å². The predicted octanol–water partition coefficient (Wildman–Crippen LogP) is 4.86. The lowest BCUT2D eigenvalue weighted by molar-refractivity contribution is 0.488. The summed E-state index contributed by atoms with van der Waals surface area (Å²) in [4.78, 5) is 4.30. The Kier molecular flexibility index (Phi) is 4.62. The van der Waals surface area contributed by atoms with Gasteiger partial charge in [0.05, 0.1) is 11.2 Å². The van der Waals surface area contributed by atoms with Crippen molar-refractivity contribution in [2.45, 2.75) is 25.9 Å². The summed E-state index contributed by atoms with van der Waals surface area (Å²) < 4.78 is 0. The highest BCUT2D eigenvalue weighted by molar-refractivity contribution is 7.07. The van der Waals surface area contributed by atoms with Crippen molar-refractivity contribution in [1.29, 1.82) is 0 Å². The highest BCUT2D eigenvalue weighted by Crippen LogP contribution is 2.27. The van der Waals surface area contributed by atoms with E-state index >= 15 is 0 Å². The minimum absolute atomic E-state index is 0.145. The molecule has 1 aromatic heterocycles. The lowest BCUT2D eigenvalue weighted by atomic mass is 10.1. The number of nitrogens with zero attached hydrogens (tertiary/aromatic N) is 1. The summed E-state index contributed by atoms with van der Waals surface area (Å²) >= 11 is 13.7. The SMILES string of the molecule is CC(NC(C)c1ccc(Cl)cc1Cl)c1cscn1. The number of rotatable bonds is 4. The molecule has 5 heteroatoms. The van der Waals surface area contributed by atoms with Crippen molar-refractivity contribution in [2.75, 3.05) is 0 Å². The number of halogens is 2. The molecule has 0 amide bonds. The van der Waals surface area contributed by atoms with E-state index in [0.29, 0.717) is 10.0 Å². The van der Waals surface area contributed by atoms with Gasteiger partial charge in [0.25, 0.3) is 0 Å². The first kappa shape index (κ1) is 13.8. The molecule has 0 aliphatic carbocycles. The molecule has 2 nitrogen and oxygen atoms in total. The van der Waals surface area contributed by atoms with Crippen molar-refractivity contribution in [3.8, 4) is 0 Å². The van der Waals surface area contributed by atoms with Crippen molar-refractivity contribution in [3.63, 3.8) is 0 Å². The first-order valence-corrected chi connectivity index (χ1v) is 7.37. The monoisotopic (exact) mass is 300 g/mol. The van der Waals surface area contributed by atoms with Crippen LogP contribution in [-0.4, -0.2) is 4.98 Å². The van der Waals surface area contributed by atoms with Gasteiger partial charge in [0.1, 0.15) is 0 Å². The van der Waals surface area contributed by atoms with Gasteiger partial charge in [0.2, 0.25) is 0 Å². The van der Waals surface area contributed by atoms with Gasteiger partial charge in [-0.3, -0.25) is 0 Å². The second-order valence-electron chi connectivity index (χ2n) is 4.19. The molecule has 2 unspecified atom stereocenters. The van der Waals surface area contributed by atoms with Gasteiger partial charge in [-0.2, -0.15) is 0 Å². The Balaban J connectivity index is 2.10. The third-order valence-electron chi connectivity index (χ3n) is 2.82. The second kappa shape index (κ2) is 6.02. The van der Waals surface area contributed by atoms with E-state index in [9.17, 15) is 0 Å². The van der Waals surface area contributed by atoms with Gasteiger partial charge in [-0.05, 0) is 31.5 Å². The Hall–Kier alpha value is -0.610. The molecule has 0 aliphatic rings. The van der Waals surface area contributed by atoms with Crippen LogP contribution in [0, 0.1) is 0 Å². The van der Waals surface area contributed by atoms with Gasteiger partial charge in [-0.1, -0.05) is 29.3 Å². The molecular formula is C13H14Cl2N2S. The predicted molar refractivity (Wildman–Crippen MR) is 78.5 cm³/mol. The zero-order valence-electron chi connectivity index (χ0n) is 10.2. The number of benzene rings is 1. The van der Waals surface area contributed by atoms with E-state index in [1.54, 1.807) is 17.4 Å². The molecule has 1 heterocycles. The highest BCUT2D eigenvalue weighted by atomic mass is 35.5. The van der Waals surface area contributed by atoms with Crippen LogP contribution in [0.5, 0.6) is 0 Å². The van der Waals surface area contributed by atoms with Crippen LogP contribution in [0.25, 0.3) is 0 Å². The summed E-state index contributed by atoms with van der Waals surface area (Å²) in [7, 11) is 0. The Labute approximate surface area is 121 Å². The lowest BCUT2D eigenvalue weighted by Crippen LogP contribution is -2.22. The number of hydrogen-bond acceptors (Lipinski definition) is 3. The van der Waals surface area contributed by atoms with Gasteiger partial charge in [-0.25, -0.2) is 4.98 Å². The Morgan fingerprint density at radius 3 is 2.61 bits per heavy atom. The molecule has 2 aromatic rings. The fraction of sp³-hybridized carbons (Fsp3) is 0.308. The number of hydrogen-bond donors (Lipinski definition) is 1. The molecule has 2 rings (SSSR count). The molecule has 1 aromatic carbocycles. The molecule has 1 N–H and O–H groups in total. The normalized spacial score (nSPS) is 14.4. The summed E-state index contributed by atoms with van der Waals surface area (Å²) in [5.41, 5.74) is 3.94. The third kappa shape index (κ3) is 3.23. The first-order chi connectivity index (χ1) is 8.58. The summed E-state index contributed by atoms with van der Waals surface area (Å²) in [6.45, 7) is 4.17. The number of aromatic nitrogens is 1. The maximum absolute atomic E-state index is 6.19. The Morgan fingerprint density at radius 1 is 1.22 bits per heavy atom. The fourth-order valence-electron chi connectivity index (χ4n) is 1.84. The molecule has 0 saturated carbocycles. The van der Waals surface area contributed by atoms with Crippen molar-refractivity contribution < 1.29 is 0 Å². The zero-order valence-corrected chi connectivity index (χ0v) is 12.5. The lowest BCUT2D eigenvalue weighted by Gasteiger charge is -2.20. The van der Waals surface area contributed by atoms with Crippen molar-refractivity contribution >= 4 is 34.5 Å². The molecule has 0 radical (unpaired) electrons. The van der Waals surface area contributed by atoms with E-state index in [4.69, 9.17) is 23.2 Å². The van der Waals surface area contributed by atoms with Crippen LogP contribution in [-0.2, 0) is 0 Å². The quantitative estimate of drug-likeness (QED) is 0.872. The summed E-state index contributed by atoms with van der Waals surface area (Å²) in [5.74, 6) is 0. The topological polar surface area (TPSA) is 24.9 Å². The molecule has 0 bridgehead atoms. The molecule has 0 spiro atoms. The molecule has 0 aliphatic heterocycles. The minimum Gasteiger partial charge on any atom is -0.302 e. The van der Waals surface area contributed by atoms with E-state index < -0.39 is 0 Å². The van der Waals surface area contributed by atoms with Crippen LogP contribution in [0.3, 0.4) is 0 Å². The molecule has 96 valence electrons. The zero-order chi connectivity index (χ0) is 13.1. The average molecular weight is 301 g/mol. The first-order valence-electron chi connectivity index (χ1n) is 5.67. The summed E-state index contributed by atoms with van der Waals surface area (Å²) in [6.07, 6.45) is 0. The fourth-order valence-corrected chi connectivity index (χ4v) is 3.06. The molecule has 2 atom stereocenters. The molecule has 0 saturated heterocycles. The summed E-state index contributed by atoms with van der Waals surface area (Å²) in [6, 6.07) is 5.92. The second-order valence-corrected chi connectivity index (χ2v) is 5.75. The van der Waals surface area contributed by atoms with E-state index in [1.165, 1.54) is 0 Å². The van der Waals surface area contributed by atoms with Crippen molar-refractivity contribution in [1.82, 2.24) is 10.3 Å². The third-order valence-corrected chi connectivity index (χ3v) is 3.99. The van der Waals surface area contributed by atoms with E-state index in [1.807, 2.05) is 23.0 Å². The summed E-state index contributed by atoms with van der Waals surface area (Å²) in [5, 5.41) is 6.87. The van der Waals surface area contributed by atoms with E-state index in [0.717, 1.165) is 11.3 Å². The van der Waals surface area contributed by atoms with E-state index in [2.05, 4.69) is 24.1 Å². The number of nitrogens with one attached hydrogen (secondary N) is 1. The van der Waals surface area contributed by atoms with Crippen LogP contribution in [0.15, 0.2) is 29.1 Å². The van der Waals surface area contributed by atoms with Crippen molar-refractivity contribution in [3.05, 3.63) is 50.4 Å². The Bertz CT molecular complexity index is 514. The highest BCUT2D eigenvalue weighted by Gasteiger charge is 2.14. The van der Waals surface area contributed by atoms with Gasteiger partial charge in [0.15, 0.2) is 0 Å². The molecular weight excluding hydrogens is 287 g/mol. The molecule has 0 fully saturated rings. The van der Waals surface area contributed by atoms with Crippen LogP contribution in [0.4, 0.5) is 0 Å². The average Bonchev–Trinajstić information content (AvgIpc) is 2.81. The standard InChI is InChI=1S/C13H14Cl2N2S/c1-8(11-4-3-10(14)5-12(11)15)17-9(2)13-6-18-7-16-13/h3-9,17H,1-2H3. The van der Waals surface area contributed by atoms with E-state index in [-0.39, 0.29) is 12.1 Å². The largest absolute Gasteiger partial charge is 0.302 e. The molecule has 18 heavy (non-hydrogen) atoms. The van der Waals surface area contributed by atoms with Crippen LogP contribution in [0.2, 0.25) is 10.0 Å². The number of thiazole rings is 1. The van der Waals surface area contributed by atoms with Gasteiger partial charge >= 0.3 is 0 Å². The van der Waals surface area contributed by atoms with Gasteiger partial charge in [-0.15, -0.1) is 11.3 Å².